The molecule has 2 aliphatic heterocycles. The van der Waals surface area contributed by atoms with E-state index in [0.717, 1.165) is 11.9 Å². The first kappa shape index (κ1) is 28.7. The third-order valence-electron chi connectivity index (χ3n) is 11.9. The van der Waals surface area contributed by atoms with E-state index in [9.17, 15) is 40.2 Å². The number of cyclic esters (lactones) is 1. The number of carbonyl (C=O) groups excluding carboxylic acids is 2. The number of aliphatic hydroxyl groups excluding tert-OH is 4. The van der Waals surface area contributed by atoms with Crippen LogP contribution in [-0.4, -0.2) is 104 Å². The second-order valence-corrected chi connectivity index (χ2v) is 13.6. The summed E-state index contributed by atoms with van der Waals surface area (Å²) in [6, 6.07) is 0. The van der Waals surface area contributed by atoms with E-state index in [2.05, 4.69) is 0 Å². The van der Waals surface area contributed by atoms with E-state index in [1.54, 1.807) is 6.92 Å². The van der Waals surface area contributed by atoms with Gasteiger partial charge in [-0.15, -0.1) is 0 Å². The molecule has 2 heterocycles. The largest absolute Gasteiger partial charge is 0.458 e. The summed E-state index contributed by atoms with van der Waals surface area (Å²) in [6.45, 7) is 3.72. The molecule has 0 aromatic carbocycles. The number of aliphatic hydroxyl groups is 6. The van der Waals surface area contributed by atoms with Crippen LogP contribution in [0.4, 0.5) is 0 Å². The van der Waals surface area contributed by atoms with Gasteiger partial charge in [0, 0.05) is 23.8 Å². The Morgan fingerprint density at radius 2 is 1.75 bits per heavy atom. The molecule has 11 nitrogen and oxygen atoms in total. The first-order valence-electron chi connectivity index (χ1n) is 14.6. The Kier molecular flexibility index (Phi) is 6.83. The van der Waals surface area contributed by atoms with Crippen molar-refractivity contribution in [1.82, 2.24) is 0 Å². The molecular formula is C29H42O11. The van der Waals surface area contributed by atoms with Crippen molar-refractivity contribution in [3.63, 3.8) is 0 Å². The molecule has 0 aromatic rings. The van der Waals surface area contributed by atoms with Gasteiger partial charge in [-0.25, -0.2) is 4.79 Å². The Bertz CT molecular complexity index is 1080. The van der Waals surface area contributed by atoms with Gasteiger partial charge in [-0.3, -0.25) is 0 Å². The fourth-order valence-electron chi connectivity index (χ4n) is 9.82. The summed E-state index contributed by atoms with van der Waals surface area (Å²) in [5.41, 5.74) is -3.89. The van der Waals surface area contributed by atoms with Crippen molar-refractivity contribution >= 4 is 12.3 Å². The maximum atomic E-state index is 13.0. The van der Waals surface area contributed by atoms with Crippen LogP contribution in [0.2, 0.25) is 0 Å². The fourth-order valence-corrected chi connectivity index (χ4v) is 9.82. The Morgan fingerprint density at radius 3 is 2.42 bits per heavy atom. The molecule has 224 valence electrons. The number of esters is 1. The van der Waals surface area contributed by atoms with Crippen LogP contribution in [0, 0.1) is 28.6 Å². The van der Waals surface area contributed by atoms with Crippen LogP contribution in [0.1, 0.15) is 65.2 Å². The lowest BCUT2D eigenvalue weighted by Gasteiger charge is -2.66. The van der Waals surface area contributed by atoms with E-state index in [0.29, 0.717) is 25.7 Å². The molecule has 5 fully saturated rings. The Hall–Kier alpha value is -1.44. The second-order valence-electron chi connectivity index (χ2n) is 13.6. The van der Waals surface area contributed by atoms with Gasteiger partial charge in [0.05, 0.1) is 34.9 Å². The molecule has 6 aliphatic rings. The van der Waals surface area contributed by atoms with E-state index < -0.39 is 82.8 Å². The minimum atomic E-state index is -1.51. The van der Waals surface area contributed by atoms with Gasteiger partial charge in [-0.05, 0) is 69.3 Å². The number of aldehydes is 1. The van der Waals surface area contributed by atoms with Crippen molar-refractivity contribution in [1.29, 1.82) is 0 Å². The highest BCUT2D eigenvalue weighted by molar-refractivity contribution is 5.85. The predicted octanol–water partition coefficient (Wildman–Crippen LogP) is -0.279. The van der Waals surface area contributed by atoms with Gasteiger partial charge in [0.1, 0.15) is 31.2 Å². The molecule has 0 aromatic heterocycles. The van der Waals surface area contributed by atoms with E-state index >= 15 is 0 Å². The molecule has 4 saturated carbocycles. The molecule has 1 saturated heterocycles. The normalized spacial score (nSPS) is 56.0. The Labute approximate surface area is 233 Å². The molecule has 0 unspecified atom stereocenters. The second kappa shape index (κ2) is 9.54. The minimum Gasteiger partial charge on any atom is -0.458 e. The topological polar surface area (TPSA) is 183 Å². The van der Waals surface area contributed by atoms with Gasteiger partial charge < -0.3 is 49.6 Å². The summed E-state index contributed by atoms with van der Waals surface area (Å²) in [5.74, 6) is -1.61. The van der Waals surface area contributed by atoms with Gasteiger partial charge in [0.15, 0.2) is 6.29 Å². The standard InChI is InChI=1S/C29H42O11/c1-14-22(33)23(34)24(35)25(39-14)40-16-3-6-27(13-30)21-18(4-7-28(27,36)10-16)29(37)8-5-17(15-9-20(32)38-12-15)26(29,2)11-19(21)31/h9,13-14,16-19,21-25,31,33-37H,3-8,10-12H2,1-2H3/t14-,16+,17-,18+,19+,21+,22+,23-,24+,25+,26+,27-,28-,29-/m0/s1. The fraction of sp³-hybridized carbons (Fsp3) is 0.862. The smallest absolute Gasteiger partial charge is 0.331 e. The molecule has 0 spiro atoms. The van der Waals surface area contributed by atoms with Crippen LogP contribution in [0.5, 0.6) is 0 Å². The highest BCUT2D eigenvalue weighted by Gasteiger charge is 2.73. The zero-order valence-corrected chi connectivity index (χ0v) is 23.0. The summed E-state index contributed by atoms with van der Waals surface area (Å²) >= 11 is 0. The molecule has 6 N–H and O–H groups in total. The van der Waals surface area contributed by atoms with E-state index in [-0.39, 0.29) is 38.2 Å². The lowest BCUT2D eigenvalue weighted by molar-refractivity contribution is -0.320. The van der Waals surface area contributed by atoms with Crippen molar-refractivity contribution in [3.8, 4) is 0 Å². The average Bonchev–Trinajstić information content (AvgIpc) is 3.45. The minimum absolute atomic E-state index is 0.0615. The molecular weight excluding hydrogens is 524 g/mol. The molecule has 40 heavy (non-hydrogen) atoms. The highest BCUT2D eigenvalue weighted by atomic mass is 16.7. The summed E-state index contributed by atoms with van der Waals surface area (Å²) in [4.78, 5) is 24.8. The molecule has 4 aliphatic carbocycles. The highest BCUT2D eigenvalue weighted by Crippen LogP contribution is 2.70. The maximum absolute atomic E-state index is 13.0. The number of rotatable bonds is 4. The van der Waals surface area contributed by atoms with Crippen LogP contribution in [0.25, 0.3) is 0 Å². The quantitative estimate of drug-likeness (QED) is 0.149. The number of hydrogen-bond acceptors (Lipinski definition) is 11. The molecule has 14 atom stereocenters. The summed E-state index contributed by atoms with van der Waals surface area (Å²) in [5, 5.41) is 66.7. The van der Waals surface area contributed by atoms with Gasteiger partial charge in [0.2, 0.25) is 0 Å². The van der Waals surface area contributed by atoms with Gasteiger partial charge in [0.25, 0.3) is 0 Å². The number of ether oxygens (including phenoxy) is 3. The van der Waals surface area contributed by atoms with Gasteiger partial charge in [-0.1, -0.05) is 6.92 Å². The summed E-state index contributed by atoms with van der Waals surface area (Å²) in [7, 11) is 0. The molecule has 6 rings (SSSR count). The van der Waals surface area contributed by atoms with Crippen LogP contribution >= 0.6 is 0 Å². The SMILES string of the molecule is C[C@@H]1O[C@H](O[C@@H]2CC[C@]3(C=O)[C@H]4[C@H](O)C[C@]5(C)[C@H](C6=CC(=O)OC6)CC[C@]5(O)[C@@H]4CC[C@]3(O)C2)[C@H](O)[C@@H](O)[C@@H]1O. The number of fused-ring (bicyclic) bond motifs is 5. The third kappa shape index (κ3) is 3.78. The van der Waals surface area contributed by atoms with Crippen molar-refractivity contribution in [2.75, 3.05) is 6.61 Å². The predicted molar refractivity (Wildman–Crippen MR) is 136 cm³/mol. The van der Waals surface area contributed by atoms with Crippen molar-refractivity contribution < 1.29 is 54.4 Å². The maximum Gasteiger partial charge on any atom is 0.331 e. The monoisotopic (exact) mass is 566 g/mol. The van der Waals surface area contributed by atoms with Crippen LogP contribution < -0.4 is 0 Å². The summed E-state index contributed by atoms with van der Waals surface area (Å²) in [6.07, 6.45) is -2.87. The molecule has 0 amide bonds. The summed E-state index contributed by atoms with van der Waals surface area (Å²) < 4.78 is 16.8. The first-order valence-corrected chi connectivity index (χ1v) is 14.6. The number of carbonyl (C=O) groups is 2. The van der Waals surface area contributed by atoms with Crippen LogP contribution in [0.3, 0.4) is 0 Å². The zero-order valence-electron chi connectivity index (χ0n) is 23.0. The molecule has 11 heteroatoms. The Balaban J connectivity index is 1.25. The van der Waals surface area contributed by atoms with Gasteiger partial charge >= 0.3 is 5.97 Å². The zero-order chi connectivity index (χ0) is 28.8. The Morgan fingerprint density at radius 1 is 1.00 bits per heavy atom. The molecule has 0 radical (unpaired) electrons. The molecule has 0 bridgehead atoms. The first-order chi connectivity index (χ1) is 18.8. The third-order valence-corrected chi connectivity index (χ3v) is 11.9. The van der Waals surface area contributed by atoms with E-state index in [1.165, 1.54) is 6.08 Å². The van der Waals surface area contributed by atoms with Crippen LogP contribution in [-0.2, 0) is 23.8 Å². The van der Waals surface area contributed by atoms with Crippen molar-refractivity contribution in [3.05, 3.63) is 11.6 Å². The van der Waals surface area contributed by atoms with E-state index in [1.807, 2.05) is 6.92 Å². The number of hydrogen-bond donors (Lipinski definition) is 6. The van der Waals surface area contributed by atoms with E-state index in [4.69, 9.17) is 14.2 Å². The van der Waals surface area contributed by atoms with Crippen molar-refractivity contribution in [2.45, 2.75) is 119 Å². The van der Waals surface area contributed by atoms with Crippen LogP contribution in [0.15, 0.2) is 11.6 Å². The lowest BCUT2D eigenvalue weighted by Crippen LogP contribution is -2.72. The van der Waals surface area contributed by atoms with Gasteiger partial charge in [-0.2, -0.15) is 0 Å². The lowest BCUT2D eigenvalue weighted by atomic mass is 9.41. The van der Waals surface area contributed by atoms with Crippen molar-refractivity contribution in [2.24, 2.45) is 28.6 Å². The average molecular weight is 567 g/mol.